The van der Waals surface area contributed by atoms with Crippen LogP contribution in [0, 0.1) is 12.8 Å². The molecule has 0 amide bonds. The van der Waals surface area contributed by atoms with Gasteiger partial charge in [-0.05, 0) is 79.2 Å². The average Bonchev–Trinajstić information content (AvgIpc) is 2.92. The first-order valence-corrected chi connectivity index (χ1v) is 7.94. The minimum atomic E-state index is 0.714. The van der Waals surface area contributed by atoms with Gasteiger partial charge in [0.25, 0.3) is 0 Å². The number of rotatable bonds is 7. The molecule has 0 saturated carbocycles. The highest BCUT2D eigenvalue weighted by Crippen LogP contribution is 2.18. The zero-order valence-electron chi connectivity index (χ0n) is 11.9. The van der Waals surface area contributed by atoms with E-state index in [9.17, 15) is 0 Å². The van der Waals surface area contributed by atoms with E-state index in [4.69, 9.17) is 0 Å². The number of hydrogen-bond acceptors (Lipinski definition) is 2. The van der Waals surface area contributed by atoms with Crippen LogP contribution in [0.3, 0.4) is 0 Å². The van der Waals surface area contributed by atoms with Crippen molar-refractivity contribution in [2.45, 2.75) is 26.2 Å². The molecule has 1 nitrogen and oxygen atoms in total. The Kier molecular flexibility index (Phi) is 5.62. The van der Waals surface area contributed by atoms with Crippen LogP contribution in [0.4, 0.5) is 0 Å². The number of thiophene rings is 1. The molecule has 1 N–H and O–H groups in total. The second-order valence-electron chi connectivity index (χ2n) is 5.22. The van der Waals surface area contributed by atoms with E-state index in [1.165, 1.54) is 36.0 Å². The standard InChI is InChI=1S/C17H23NS/c1-14-5-3-4-6-17(14)11-16(12-18-2)8-7-15-9-10-19-13-15/h3-6,9-10,13,16,18H,7-8,11-12H2,1-2H3. The molecule has 0 aliphatic heterocycles. The molecule has 0 aliphatic rings. The van der Waals surface area contributed by atoms with E-state index >= 15 is 0 Å². The van der Waals surface area contributed by atoms with Crippen LogP contribution in [0.15, 0.2) is 41.1 Å². The molecule has 0 radical (unpaired) electrons. The molecule has 1 aromatic carbocycles. The molecule has 2 heteroatoms. The maximum atomic E-state index is 3.34. The summed E-state index contributed by atoms with van der Waals surface area (Å²) in [6, 6.07) is 11.0. The lowest BCUT2D eigenvalue weighted by atomic mass is 9.91. The molecule has 2 rings (SSSR count). The molecule has 102 valence electrons. The lowest BCUT2D eigenvalue weighted by Gasteiger charge is -2.17. The summed E-state index contributed by atoms with van der Waals surface area (Å²) in [5.74, 6) is 0.714. The largest absolute Gasteiger partial charge is 0.319 e. The quantitative estimate of drug-likeness (QED) is 0.802. The van der Waals surface area contributed by atoms with Crippen molar-refractivity contribution < 1.29 is 0 Å². The highest BCUT2D eigenvalue weighted by molar-refractivity contribution is 7.07. The summed E-state index contributed by atoms with van der Waals surface area (Å²) >= 11 is 1.80. The molecular weight excluding hydrogens is 250 g/mol. The van der Waals surface area contributed by atoms with Crippen molar-refractivity contribution in [1.29, 1.82) is 0 Å². The Morgan fingerprint density at radius 2 is 2.05 bits per heavy atom. The minimum absolute atomic E-state index is 0.714. The van der Waals surface area contributed by atoms with Gasteiger partial charge in [0.15, 0.2) is 0 Å². The Hall–Kier alpha value is -1.12. The lowest BCUT2D eigenvalue weighted by molar-refractivity contribution is 0.461. The third-order valence-corrected chi connectivity index (χ3v) is 4.42. The van der Waals surface area contributed by atoms with Crippen molar-refractivity contribution in [3.8, 4) is 0 Å². The van der Waals surface area contributed by atoms with Crippen molar-refractivity contribution in [2.24, 2.45) is 5.92 Å². The number of hydrogen-bond donors (Lipinski definition) is 1. The third-order valence-electron chi connectivity index (χ3n) is 3.68. The zero-order chi connectivity index (χ0) is 13.5. The van der Waals surface area contributed by atoms with E-state index in [1.807, 2.05) is 0 Å². The maximum Gasteiger partial charge on any atom is -0.00202 e. The van der Waals surface area contributed by atoms with E-state index in [0.29, 0.717) is 5.92 Å². The fourth-order valence-corrected chi connectivity index (χ4v) is 3.22. The van der Waals surface area contributed by atoms with Crippen molar-refractivity contribution in [3.05, 3.63) is 57.8 Å². The van der Waals surface area contributed by atoms with Crippen molar-refractivity contribution in [2.75, 3.05) is 13.6 Å². The van der Waals surface area contributed by atoms with E-state index in [0.717, 1.165) is 6.54 Å². The van der Waals surface area contributed by atoms with E-state index < -0.39 is 0 Å². The van der Waals surface area contributed by atoms with Gasteiger partial charge in [0.1, 0.15) is 0 Å². The second-order valence-corrected chi connectivity index (χ2v) is 6.00. The lowest BCUT2D eigenvalue weighted by Crippen LogP contribution is -2.21. The van der Waals surface area contributed by atoms with Gasteiger partial charge in [0, 0.05) is 0 Å². The fourth-order valence-electron chi connectivity index (χ4n) is 2.52. The van der Waals surface area contributed by atoms with Gasteiger partial charge in [-0.3, -0.25) is 0 Å². The summed E-state index contributed by atoms with van der Waals surface area (Å²) in [7, 11) is 2.05. The van der Waals surface area contributed by atoms with Crippen molar-refractivity contribution >= 4 is 11.3 Å². The van der Waals surface area contributed by atoms with Gasteiger partial charge in [0.2, 0.25) is 0 Å². The van der Waals surface area contributed by atoms with Gasteiger partial charge >= 0.3 is 0 Å². The molecule has 2 aromatic rings. The first-order valence-electron chi connectivity index (χ1n) is 6.99. The Labute approximate surface area is 120 Å². The van der Waals surface area contributed by atoms with Gasteiger partial charge in [-0.15, -0.1) is 0 Å². The zero-order valence-corrected chi connectivity index (χ0v) is 12.7. The van der Waals surface area contributed by atoms with E-state index in [2.05, 4.69) is 60.4 Å². The summed E-state index contributed by atoms with van der Waals surface area (Å²) in [5.41, 5.74) is 4.39. The molecule has 1 atom stereocenters. The Balaban J connectivity index is 1.94. The summed E-state index contributed by atoms with van der Waals surface area (Å²) < 4.78 is 0. The van der Waals surface area contributed by atoms with Crippen molar-refractivity contribution in [3.63, 3.8) is 0 Å². The van der Waals surface area contributed by atoms with Gasteiger partial charge in [0.05, 0.1) is 0 Å². The third kappa shape index (κ3) is 4.48. The fraction of sp³-hybridized carbons (Fsp3) is 0.412. The number of nitrogens with one attached hydrogen (secondary N) is 1. The van der Waals surface area contributed by atoms with E-state index in [-0.39, 0.29) is 0 Å². The van der Waals surface area contributed by atoms with Gasteiger partial charge in [-0.25, -0.2) is 0 Å². The van der Waals surface area contributed by atoms with Crippen LogP contribution in [-0.2, 0) is 12.8 Å². The number of aryl methyl sites for hydroxylation is 2. The predicted octanol–water partition coefficient (Wildman–Crippen LogP) is 4.07. The normalized spacial score (nSPS) is 12.5. The molecule has 0 bridgehead atoms. The SMILES string of the molecule is CNCC(CCc1ccsc1)Cc1ccccc1C. The highest BCUT2D eigenvalue weighted by Gasteiger charge is 2.10. The monoisotopic (exact) mass is 273 g/mol. The Bertz CT molecular complexity index is 476. The average molecular weight is 273 g/mol. The van der Waals surface area contributed by atoms with E-state index in [1.54, 1.807) is 11.3 Å². The number of benzene rings is 1. The van der Waals surface area contributed by atoms with Crippen LogP contribution in [0.1, 0.15) is 23.1 Å². The maximum absolute atomic E-state index is 3.34. The van der Waals surface area contributed by atoms with Crippen LogP contribution in [-0.4, -0.2) is 13.6 Å². The van der Waals surface area contributed by atoms with Gasteiger partial charge in [-0.2, -0.15) is 11.3 Å². The first-order chi connectivity index (χ1) is 9.29. The van der Waals surface area contributed by atoms with Crippen LogP contribution >= 0.6 is 11.3 Å². The van der Waals surface area contributed by atoms with Gasteiger partial charge < -0.3 is 5.32 Å². The molecule has 1 unspecified atom stereocenters. The molecule has 1 aromatic heterocycles. The summed E-state index contributed by atoms with van der Waals surface area (Å²) in [6.07, 6.45) is 3.63. The first kappa shape index (κ1) is 14.3. The molecule has 19 heavy (non-hydrogen) atoms. The van der Waals surface area contributed by atoms with Crippen LogP contribution in [0.2, 0.25) is 0 Å². The molecule has 0 spiro atoms. The van der Waals surface area contributed by atoms with Gasteiger partial charge in [-0.1, -0.05) is 24.3 Å². The topological polar surface area (TPSA) is 12.0 Å². The molecule has 1 heterocycles. The second kappa shape index (κ2) is 7.46. The van der Waals surface area contributed by atoms with Crippen LogP contribution < -0.4 is 5.32 Å². The molecular formula is C17H23NS. The molecule has 0 aliphatic carbocycles. The molecule has 0 saturated heterocycles. The smallest absolute Gasteiger partial charge is 0.00202 e. The predicted molar refractivity (Wildman–Crippen MR) is 84.9 cm³/mol. The van der Waals surface area contributed by atoms with Crippen LogP contribution in [0.5, 0.6) is 0 Å². The summed E-state index contributed by atoms with van der Waals surface area (Å²) in [6.45, 7) is 3.31. The Morgan fingerprint density at radius 1 is 1.21 bits per heavy atom. The van der Waals surface area contributed by atoms with Crippen molar-refractivity contribution in [1.82, 2.24) is 5.32 Å². The minimum Gasteiger partial charge on any atom is -0.319 e. The highest BCUT2D eigenvalue weighted by atomic mass is 32.1. The summed E-state index contributed by atoms with van der Waals surface area (Å²) in [4.78, 5) is 0. The molecule has 0 fully saturated rings. The summed E-state index contributed by atoms with van der Waals surface area (Å²) in [5, 5.41) is 7.78. The van der Waals surface area contributed by atoms with Crippen LogP contribution in [0.25, 0.3) is 0 Å². The Morgan fingerprint density at radius 3 is 2.74 bits per heavy atom.